The monoisotopic (exact) mass is 345 g/mol. The molecule has 0 aliphatic carbocycles. The van der Waals surface area contributed by atoms with Gasteiger partial charge < -0.3 is 5.32 Å². The van der Waals surface area contributed by atoms with Gasteiger partial charge in [0, 0.05) is 68.4 Å². The van der Waals surface area contributed by atoms with Crippen molar-refractivity contribution in [3.8, 4) is 17.1 Å². The lowest BCUT2D eigenvalue weighted by Gasteiger charge is -2.06. The first kappa shape index (κ1) is 16.2. The molecule has 0 unspecified atom stereocenters. The van der Waals surface area contributed by atoms with Crippen molar-refractivity contribution in [2.75, 3.05) is 0 Å². The lowest BCUT2D eigenvalue weighted by Crippen LogP contribution is -2.13. The van der Waals surface area contributed by atoms with Gasteiger partial charge in [-0.2, -0.15) is 10.2 Å². The summed E-state index contributed by atoms with van der Waals surface area (Å²) in [7, 11) is 1.94. The highest BCUT2D eigenvalue weighted by Crippen LogP contribution is 2.21. The molecule has 4 rings (SSSR count). The van der Waals surface area contributed by atoms with Crippen LogP contribution in [0.1, 0.15) is 11.1 Å². The standard InChI is InChI=1S/C19H19N7/c1-25-14-17(19(24-25)16-5-8-20-9-6-16)13-21-11-15-3-4-18(22-12-15)26-10-2-7-23-26/h2-10,12,14,21H,11,13H2,1H3. The number of hydrogen-bond donors (Lipinski definition) is 1. The normalized spacial score (nSPS) is 11.0. The molecule has 1 N–H and O–H groups in total. The molecule has 7 heteroatoms. The van der Waals surface area contributed by atoms with Gasteiger partial charge in [0.2, 0.25) is 0 Å². The Kier molecular flexibility index (Phi) is 4.53. The molecule has 0 radical (unpaired) electrons. The third-order valence-electron chi connectivity index (χ3n) is 4.05. The van der Waals surface area contributed by atoms with Gasteiger partial charge in [-0.25, -0.2) is 9.67 Å². The van der Waals surface area contributed by atoms with E-state index in [-0.39, 0.29) is 0 Å². The largest absolute Gasteiger partial charge is 0.308 e. The number of aryl methyl sites for hydroxylation is 1. The molecule has 0 saturated heterocycles. The molecule has 0 atom stereocenters. The van der Waals surface area contributed by atoms with E-state index in [0.717, 1.165) is 41.3 Å². The highest BCUT2D eigenvalue weighted by atomic mass is 15.3. The molecular formula is C19H19N7. The minimum atomic E-state index is 0.729. The van der Waals surface area contributed by atoms with Crippen LogP contribution in [0.2, 0.25) is 0 Å². The van der Waals surface area contributed by atoms with Crippen LogP contribution in [0.3, 0.4) is 0 Å². The van der Waals surface area contributed by atoms with Gasteiger partial charge in [-0.15, -0.1) is 0 Å². The number of hydrogen-bond acceptors (Lipinski definition) is 5. The van der Waals surface area contributed by atoms with Crippen molar-refractivity contribution in [1.29, 1.82) is 0 Å². The summed E-state index contributed by atoms with van der Waals surface area (Å²) in [6, 6.07) is 9.86. The maximum Gasteiger partial charge on any atom is 0.153 e. The lowest BCUT2D eigenvalue weighted by molar-refractivity contribution is 0.689. The predicted molar refractivity (Wildman–Crippen MR) is 98.3 cm³/mol. The average molecular weight is 345 g/mol. The Morgan fingerprint density at radius 3 is 2.65 bits per heavy atom. The van der Waals surface area contributed by atoms with Crippen LogP contribution in [0.4, 0.5) is 0 Å². The van der Waals surface area contributed by atoms with Gasteiger partial charge >= 0.3 is 0 Å². The van der Waals surface area contributed by atoms with Crippen molar-refractivity contribution in [3.63, 3.8) is 0 Å². The summed E-state index contributed by atoms with van der Waals surface area (Å²) in [4.78, 5) is 8.52. The van der Waals surface area contributed by atoms with Crippen LogP contribution in [0.25, 0.3) is 17.1 Å². The molecule has 0 aliphatic heterocycles. The molecule has 130 valence electrons. The molecule has 0 aromatic carbocycles. The van der Waals surface area contributed by atoms with E-state index in [2.05, 4.69) is 31.5 Å². The number of aromatic nitrogens is 6. The van der Waals surface area contributed by atoms with Crippen molar-refractivity contribution >= 4 is 0 Å². The Morgan fingerprint density at radius 1 is 1.04 bits per heavy atom. The van der Waals surface area contributed by atoms with E-state index in [1.807, 2.05) is 54.6 Å². The van der Waals surface area contributed by atoms with Crippen molar-refractivity contribution < 1.29 is 0 Å². The van der Waals surface area contributed by atoms with Crippen LogP contribution >= 0.6 is 0 Å². The molecule has 0 spiro atoms. The first-order valence-corrected chi connectivity index (χ1v) is 8.38. The fraction of sp³-hybridized carbons (Fsp3) is 0.158. The molecule has 7 nitrogen and oxygen atoms in total. The number of pyridine rings is 2. The van der Waals surface area contributed by atoms with Gasteiger partial charge in [0.05, 0.1) is 5.69 Å². The fourth-order valence-electron chi connectivity index (χ4n) is 2.82. The van der Waals surface area contributed by atoms with Crippen LogP contribution in [0, 0.1) is 0 Å². The Labute approximate surface area is 151 Å². The molecule has 4 heterocycles. The first-order valence-electron chi connectivity index (χ1n) is 8.38. The minimum absolute atomic E-state index is 0.729. The van der Waals surface area contributed by atoms with E-state index in [4.69, 9.17) is 0 Å². The second-order valence-corrected chi connectivity index (χ2v) is 5.99. The van der Waals surface area contributed by atoms with Gasteiger partial charge in [0.1, 0.15) is 0 Å². The van der Waals surface area contributed by atoms with Gasteiger partial charge in [-0.1, -0.05) is 6.07 Å². The van der Waals surface area contributed by atoms with Crippen LogP contribution in [-0.4, -0.2) is 29.5 Å². The van der Waals surface area contributed by atoms with E-state index in [1.54, 1.807) is 23.3 Å². The summed E-state index contributed by atoms with van der Waals surface area (Å²) in [6.45, 7) is 1.46. The highest BCUT2D eigenvalue weighted by molar-refractivity contribution is 5.61. The van der Waals surface area contributed by atoms with Crippen molar-refractivity contribution in [1.82, 2.24) is 34.8 Å². The molecule has 0 amide bonds. The summed E-state index contributed by atoms with van der Waals surface area (Å²) < 4.78 is 3.58. The highest BCUT2D eigenvalue weighted by Gasteiger charge is 2.09. The number of nitrogens with zero attached hydrogens (tertiary/aromatic N) is 6. The maximum absolute atomic E-state index is 4.57. The van der Waals surface area contributed by atoms with Gasteiger partial charge in [0.25, 0.3) is 0 Å². The van der Waals surface area contributed by atoms with Crippen LogP contribution in [-0.2, 0) is 20.1 Å². The van der Waals surface area contributed by atoms with E-state index >= 15 is 0 Å². The first-order chi connectivity index (χ1) is 12.8. The summed E-state index contributed by atoms with van der Waals surface area (Å²) in [5.41, 5.74) is 4.33. The Morgan fingerprint density at radius 2 is 1.92 bits per heavy atom. The zero-order chi connectivity index (χ0) is 17.8. The molecule has 0 fully saturated rings. The second-order valence-electron chi connectivity index (χ2n) is 5.99. The third kappa shape index (κ3) is 3.52. The summed E-state index contributed by atoms with van der Waals surface area (Å²) in [5.74, 6) is 0.811. The van der Waals surface area contributed by atoms with Crippen molar-refractivity contribution in [2.45, 2.75) is 13.1 Å². The Bertz CT molecular complexity index is 957. The van der Waals surface area contributed by atoms with Crippen molar-refractivity contribution in [2.24, 2.45) is 7.05 Å². The lowest BCUT2D eigenvalue weighted by atomic mass is 10.1. The molecule has 4 aromatic rings. The SMILES string of the molecule is Cn1cc(CNCc2ccc(-n3cccn3)nc2)c(-c2ccncc2)n1. The van der Waals surface area contributed by atoms with E-state index in [9.17, 15) is 0 Å². The van der Waals surface area contributed by atoms with Gasteiger partial charge in [0.15, 0.2) is 5.82 Å². The summed E-state index contributed by atoms with van der Waals surface area (Å²) >= 11 is 0. The molecule has 0 bridgehead atoms. The topological polar surface area (TPSA) is 73.5 Å². The second kappa shape index (κ2) is 7.28. The predicted octanol–water partition coefficient (Wildman–Crippen LogP) is 2.35. The molecule has 0 aliphatic rings. The van der Waals surface area contributed by atoms with E-state index in [1.165, 1.54) is 0 Å². The van der Waals surface area contributed by atoms with Crippen molar-refractivity contribution in [3.05, 3.63) is 78.6 Å². The van der Waals surface area contributed by atoms with Crippen LogP contribution in [0.5, 0.6) is 0 Å². The zero-order valence-corrected chi connectivity index (χ0v) is 14.4. The molecule has 4 aromatic heterocycles. The Balaban J connectivity index is 1.41. The van der Waals surface area contributed by atoms with Crippen LogP contribution < -0.4 is 5.32 Å². The summed E-state index contributed by atoms with van der Waals surface area (Å²) in [6.07, 6.45) is 11.1. The average Bonchev–Trinajstić information content (AvgIpc) is 3.33. The zero-order valence-electron chi connectivity index (χ0n) is 14.4. The van der Waals surface area contributed by atoms with E-state index in [0.29, 0.717) is 0 Å². The number of rotatable bonds is 6. The Hall–Kier alpha value is -3.32. The smallest absolute Gasteiger partial charge is 0.153 e. The van der Waals surface area contributed by atoms with Crippen LogP contribution in [0.15, 0.2) is 67.5 Å². The maximum atomic E-state index is 4.57. The molecule has 26 heavy (non-hydrogen) atoms. The number of nitrogens with one attached hydrogen (secondary N) is 1. The van der Waals surface area contributed by atoms with Gasteiger partial charge in [-0.05, 0) is 29.8 Å². The fourth-order valence-corrected chi connectivity index (χ4v) is 2.82. The molecular weight excluding hydrogens is 326 g/mol. The third-order valence-corrected chi connectivity index (χ3v) is 4.05. The summed E-state index contributed by atoms with van der Waals surface area (Å²) in [5, 5.41) is 12.2. The van der Waals surface area contributed by atoms with E-state index < -0.39 is 0 Å². The molecule has 0 saturated carbocycles. The quantitative estimate of drug-likeness (QED) is 0.581. The minimum Gasteiger partial charge on any atom is -0.308 e. The van der Waals surface area contributed by atoms with Gasteiger partial charge in [-0.3, -0.25) is 9.67 Å².